The van der Waals surface area contributed by atoms with Crippen LogP contribution in [0.5, 0.6) is 17.2 Å². The minimum absolute atomic E-state index is 0.185. The molecule has 0 saturated heterocycles. The lowest BCUT2D eigenvalue weighted by atomic mass is 9.98. The van der Waals surface area contributed by atoms with Crippen LogP contribution in [0.2, 0.25) is 0 Å². The molecule has 0 bridgehead atoms. The second-order valence-corrected chi connectivity index (χ2v) is 7.49. The van der Waals surface area contributed by atoms with E-state index in [9.17, 15) is 9.59 Å². The number of aryl methyl sites for hydroxylation is 1. The van der Waals surface area contributed by atoms with Crippen molar-refractivity contribution in [2.24, 2.45) is 0 Å². The van der Waals surface area contributed by atoms with E-state index in [-0.39, 0.29) is 11.8 Å². The van der Waals surface area contributed by atoms with E-state index in [2.05, 4.69) is 5.32 Å². The maximum atomic E-state index is 13.1. The number of benzene rings is 2. The fourth-order valence-electron chi connectivity index (χ4n) is 4.25. The number of hydrogen-bond acceptors (Lipinski definition) is 5. The Bertz CT molecular complexity index is 990. The van der Waals surface area contributed by atoms with Gasteiger partial charge >= 0.3 is 0 Å². The van der Waals surface area contributed by atoms with Crippen LogP contribution in [0, 0.1) is 0 Å². The van der Waals surface area contributed by atoms with Crippen LogP contribution in [0.15, 0.2) is 24.3 Å². The van der Waals surface area contributed by atoms with Crippen molar-refractivity contribution in [2.45, 2.75) is 40.0 Å². The Morgan fingerprint density at radius 2 is 1.52 bits per heavy atom. The molecule has 0 radical (unpaired) electrons. The number of nitrogens with one attached hydrogen (secondary N) is 1. The van der Waals surface area contributed by atoms with Crippen LogP contribution in [-0.4, -0.2) is 38.2 Å². The van der Waals surface area contributed by atoms with Crippen molar-refractivity contribution in [3.63, 3.8) is 0 Å². The Morgan fingerprint density at radius 1 is 0.903 bits per heavy atom. The first-order valence-corrected chi connectivity index (χ1v) is 10.9. The molecule has 2 aliphatic rings. The number of rotatable bonds is 8. The largest absolute Gasteiger partial charge is 0.490 e. The fourth-order valence-corrected chi connectivity index (χ4v) is 4.25. The van der Waals surface area contributed by atoms with Crippen LogP contribution in [-0.2, 0) is 17.6 Å². The summed E-state index contributed by atoms with van der Waals surface area (Å²) in [6, 6.07) is 7.31. The van der Waals surface area contributed by atoms with Gasteiger partial charge in [0, 0.05) is 24.2 Å². The van der Waals surface area contributed by atoms with E-state index in [0.29, 0.717) is 62.0 Å². The number of nitrogens with zero attached hydrogens (tertiary/aromatic N) is 1. The van der Waals surface area contributed by atoms with E-state index < -0.39 is 0 Å². The molecule has 0 aliphatic carbocycles. The molecular formula is C24H28N2O5. The Hall–Kier alpha value is -3.22. The van der Waals surface area contributed by atoms with Crippen molar-refractivity contribution in [3.05, 3.63) is 41.0 Å². The number of carbonyl (C=O) groups excluding carboxylic acids is 2. The molecular weight excluding hydrogens is 396 g/mol. The van der Waals surface area contributed by atoms with Crippen molar-refractivity contribution < 1.29 is 23.8 Å². The minimum atomic E-state index is -0.251. The van der Waals surface area contributed by atoms with Gasteiger partial charge in [-0.3, -0.25) is 9.59 Å². The molecule has 1 N–H and O–H groups in total. The third-order valence-electron chi connectivity index (χ3n) is 5.48. The Kier molecular flexibility index (Phi) is 6.02. The van der Waals surface area contributed by atoms with E-state index in [0.717, 1.165) is 28.9 Å². The van der Waals surface area contributed by atoms with Gasteiger partial charge in [-0.25, -0.2) is 0 Å². The predicted octanol–water partition coefficient (Wildman–Crippen LogP) is 3.97. The van der Waals surface area contributed by atoms with Gasteiger partial charge in [0.1, 0.15) is 0 Å². The quantitative estimate of drug-likeness (QED) is 0.694. The SMILES string of the molecule is CCOc1cc(C(=O)Nc2cc3c4c(c2)CCN4C(=O)CC3)cc(OCC)c1OCC. The van der Waals surface area contributed by atoms with E-state index >= 15 is 0 Å². The Labute approximate surface area is 182 Å². The number of anilines is 2. The Morgan fingerprint density at radius 3 is 2.13 bits per heavy atom. The summed E-state index contributed by atoms with van der Waals surface area (Å²) in [7, 11) is 0. The molecule has 0 saturated carbocycles. The molecule has 0 fully saturated rings. The highest BCUT2D eigenvalue weighted by Gasteiger charge is 2.31. The lowest BCUT2D eigenvalue weighted by molar-refractivity contribution is -0.118. The first kappa shape index (κ1) is 21.0. The molecule has 0 spiro atoms. The van der Waals surface area contributed by atoms with Gasteiger partial charge in [-0.15, -0.1) is 0 Å². The third kappa shape index (κ3) is 4.04. The molecule has 2 amide bonds. The van der Waals surface area contributed by atoms with E-state index in [1.54, 1.807) is 12.1 Å². The molecule has 7 nitrogen and oxygen atoms in total. The highest BCUT2D eigenvalue weighted by Crippen LogP contribution is 2.41. The summed E-state index contributed by atoms with van der Waals surface area (Å²) in [4.78, 5) is 27.1. The van der Waals surface area contributed by atoms with Crippen LogP contribution in [0.25, 0.3) is 0 Å². The van der Waals surface area contributed by atoms with Gasteiger partial charge in [0.15, 0.2) is 11.5 Å². The molecule has 2 heterocycles. The number of carbonyl (C=O) groups is 2. The summed E-state index contributed by atoms with van der Waals surface area (Å²) in [6.07, 6.45) is 2.02. The zero-order valence-electron chi connectivity index (χ0n) is 18.2. The van der Waals surface area contributed by atoms with Crippen molar-refractivity contribution in [3.8, 4) is 17.2 Å². The van der Waals surface area contributed by atoms with Gasteiger partial charge in [-0.1, -0.05) is 0 Å². The van der Waals surface area contributed by atoms with Crippen LogP contribution in [0.1, 0.15) is 48.7 Å². The molecule has 7 heteroatoms. The monoisotopic (exact) mass is 424 g/mol. The molecule has 0 unspecified atom stereocenters. The minimum Gasteiger partial charge on any atom is -0.490 e. The molecule has 4 rings (SSSR count). The second kappa shape index (κ2) is 8.88. The predicted molar refractivity (Wildman–Crippen MR) is 119 cm³/mol. The van der Waals surface area contributed by atoms with Crippen LogP contribution in [0.3, 0.4) is 0 Å². The molecule has 2 aromatic carbocycles. The zero-order chi connectivity index (χ0) is 22.0. The lowest BCUT2D eigenvalue weighted by Gasteiger charge is -2.25. The summed E-state index contributed by atoms with van der Waals surface area (Å²) in [5.74, 6) is 1.41. The van der Waals surface area contributed by atoms with Gasteiger partial charge < -0.3 is 24.4 Å². The maximum Gasteiger partial charge on any atom is 0.255 e. The lowest BCUT2D eigenvalue weighted by Crippen LogP contribution is -2.32. The van der Waals surface area contributed by atoms with E-state index in [1.165, 1.54) is 0 Å². The van der Waals surface area contributed by atoms with Gasteiger partial charge in [-0.05, 0) is 69.0 Å². The van der Waals surface area contributed by atoms with Crippen molar-refractivity contribution in [1.29, 1.82) is 0 Å². The van der Waals surface area contributed by atoms with Crippen LogP contribution < -0.4 is 24.4 Å². The topological polar surface area (TPSA) is 77.1 Å². The average molecular weight is 424 g/mol. The molecule has 2 aromatic rings. The van der Waals surface area contributed by atoms with Crippen LogP contribution in [0.4, 0.5) is 11.4 Å². The highest BCUT2D eigenvalue weighted by molar-refractivity contribution is 6.06. The van der Waals surface area contributed by atoms with Gasteiger partial charge in [0.25, 0.3) is 5.91 Å². The van der Waals surface area contributed by atoms with Gasteiger partial charge in [0.05, 0.1) is 25.5 Å². The summed E-state index contributed by atoms with van der Waals surface area (Å²) in [5.41, 5.74) is 4.42. The first-order valence-electron chi connectivity index (χ1n) is 10.9. The molecule has 164 valence electrons. The molecule has 31 heavy (non-hydrogen) atoms. The average Bonchev–Trinajstić information content (AvgIpc) is 3.18. The molecule has 0 atom stereocenters. The van der Waals surface area contributed by atoms with Gasteiger partial charge in [-0.2, -0.15) is 0 Å². The van der Waals surface area contributed by atoms with E-state index in [4.69, 9.17) is 14.2 Å². The number of amides is 2. The highest BCUT2D eigenvalue weighted by atomic mass is 16.5. The maximum absolute atomic E-state index is 13.1. The van der Waals surface area contributed by atoms with Crippen molar-refractivity contribution in [2.75, 3.05) is 36.6 Å². The van der Waals surface area contributed by atoms with Crippen molar-refractivity contribution in [1.82, 2.24) is 0 Å². The summed E-state index contributed by atoms with van der Waals surface area (Å²) in [6.45, 7) is 7.72. The number of hydrogen-bond donors (Lipinski definition) is 1. The Balaban J connectivity index is 1.64. The normalized spacial score (nSPS) is 14.3. The third-order valence-corrected chi connectivity index (χ3v) is 5.48. The van der Waals surface area contributed by atoms with Crippen LogP contribution >= 0.6 is 0 Å². The van der Waals surface area contributed by atoms with E-state index in [1.807, 2.05) is 37.8 Å². The standard InChI is InChI=1S/C24H28N2O5/c1-4-29-19-13-17(14-20(30-5-2)23(19)31-6-3)24(28)25-18-11-15-7-8-21(27)26-10-9-16(12-18)22(15)26/h11-14H,4-10H2,1-3H3,(H,25,28). The molecule has 0 aromatic heterocycles. The first-order chi connectivity index (χ1) is 15.0. The smallest absolute Gasteiger partial charge is 0.255 e. The summed E-state index contributed by atoms with van der Waals surface area (Å²) in [5, 5.41) is 3.01. The summed E-state index contributed by atoms with van der Waals surface area (Å²) < 4.78 is 17.2. The second-order valence-electron chi connectivity index (χ2n) is 7.49. The van der Waals surface area contributed by atoms with Gasteiger partial charge in [0.2, 0.25) is 11.7 Å². The number of ether oxygens (including phenoxy) is 3. The molecule has 2 aliphatic heterocycles. The fraction of sp³-hybridized carbons (Fsp3) is 0.417. The summed E-state index contributed by atoms with van der Waals surface area (Å²) >= 11 is 0. The zero-order valence-corrected chi connectivity index (χ0v) is 18.2. The van der Waals surface area contributed by atoms with Crippen molar-refractivity contribution >= 4 is 23.2 Å².